The van der Waals surface area contributed by atoms with Crippen molar-refractivity contribution in [3.05, 3.63) is 35.6 Å². The fourth-order valence-electron chi connectivity index (χ4n) is 2.36. The second kappa shape index (κ2) is 5.34. The number of rotatable bonds is 2. The van der Waals surface area contributed by atoms with Crippen molar-refractivity contribution < 1.29 is 32.3 Å². The molecule has 4 nitrogen and oxygen atoms in total. The quantitative estimate of drug-likeness (QED) is 0.852. The monoisotopic (exact) mass is 305 g/mol. The number of carboxylic acid groups (broad SMARTS) is 1. The van der Waals surface area contributed by atoms with E-state index in [-0.39, 0.29) is 5.56 Å². The van der Waals surface area contributed by atoms with Crippen LogP contribution in [0.1, 0.15) is 10.4 Å². The highest BCUT2D eigenvalue weighted by Crippen LogP contribution is 2.38. The summed E-state index contributed by atoms with van der Waals surface area (Å²) in [6, 6.07) is 4.88. The lowest BCUT2D eigenvalue weighted by Gasteiger charge is -2.18. The summed E-state index contributed by atoms with van der Waals surface area (Å²) in [5.74, 6) is -7.30. The van der Waals surface area contributed by atoms with Gasteiger partial charge in [0.1, 0.15) is 5.82 Å². The van der Waals surface area contributed by atoms with Crippen molar-refractivity contribution in [3.8, 4) is 0 Å². The van der Waals surface area contributed by atoms with Gasteiger partial charge < -0.3 is 10.0 Å². The fourth-order valence-corrected chi connectivity index (χ4v) is 2.36. The maximum Gasteiger partial charge on any atom is 0.394 e. The van der Waals surface area contributed by atoms with Crippen LogP contribution in [-0.2, 0) is 4.79 Å². The summed E-state index contributed by atoms with van der Waals surface area (Å²) in [4.78, 5) is 23.7. The van der Waals surface area contributed by atoms with E-state index in [0.29, 0.717) is 0 Å². The molecule has 1 fully saturated rings. The first-order chi connectivity index (χ1) is 9.71. The zero-order valence-corrected chi connectivity index (χ0v) is 10.6. The number of carbonyl (C=O) groups excluding carboxylic acids is 1. The molecular weight excluding hydrogens is 294 g/mol. The molecule has 114 valence electrons. The molecule has 1 N–H and O–H groups in total. The van der Waals surface area contributed by atoms with E-state index >= 15 is 0 Å². The van der Waals surface area contributed by atoms with Gasteiger partial charge in [-0.2, -0.15) is 13.2 Å². The molecule has 0 saturated carbocycles. The zero-order chi connectivity index (χ0) is 15.8. The second-order valence-corrected chi connectivity index (χ2v) is 4.78. The van der Waals surface area contributed by atoms with Gasteiger partial charge in [-0.3, -0.25) is 9.59 Å². The average Bonchev–Trinajstić information content (AvgIpc) is 2.83. The molecule has 0 aliphatic carbocycles. The number of benzene rings is 1. The normalized spacial score (nSPS) is 22.4. The molecule has 0 radical (unpaired) electrons. The smallest absolute Gasteiger partial charge is 0.394 e. The maximum absolute atomic E-state index is 13.5. The molecule has 1 aromatic rings. The Balaban J connectivity index is 2.25. The molecule has 1 aliphatic rings. The highest BCUT2D eigenvalue weighted by molar-refractivity contribution is 5.95. The maximum atomic E-state index is 13.5. The van der Waals surface area contributed by atoms with Crippen LogP contribution in [0.25, 0.3) is 0 Å². The van der Waals surface area contributed by atoms with Crippen LogP contribution in [0.2, 0.25) is 0 Å². The van der Waals surface area contributed by atoms with Gasteiger partial charge in [0.25, 0.3) is 5.91 Å². The van der Waals surface area contributed by atoms with E-state index in [1.165, 1.54) is 12.1 Å². The van der Waals surface area contributed by atoms with Crippen LogP contribution in [-0.4, -0.2) is 41.1 Å². The van der Waals surface area contributed by atoms with Crippen LogP contribution >= 0.6 is 0 Å². The molecule has 2 rings (SSSR count). The van der Waals surface area contributed by atoms with Gasteiger partial charge in [-0.15, -0.1) is 0 Å². The van der Waals surface area contributed by atoms with Gasteiger partial charge in [-0.05, 0) is 12.1 Å². The van der Waals surface area contributed by atoms with Gasteiger partial charge in [0, 0.05) is 13.1 Å². The van der Waals surface area contributed by atoms with Gasteiger partial charge in [0.15, 0.2) is 0 Å². The van der Waals surface area contributed by atoms with Crippen LogP contribution in [0.3, 0.4) is 0 Å². The Bertz CT molecular complexity index is 573. The number of aliphatic carboxylic acids is 1. The second-order valence-electron chi connectivity index (χ2n) is 4.78. The lowest BCUT2D eigenvalue weighted by molar-refractivity contribution is -0.187. The third-order valence-electron chi connectivity index (χ3n) is 3.45. The predicted octanol–water partition coefficient (Wildman–Crippen LogP) is 2.16. The minimum Gasteiger partial charge on any atom is -0.481 e. The molecule has 21 heavy (non-hydrogen) atoms. The number of hydrogen-bond acceptors (Lipinski definition) is 2. The van der Waals surface area contributed by atoms with Crippen molar-refractivity contribution in [1.82, 2.24) is 4.90 Å². The molecule has 1 heterocycles. The number of carboxylic acids is 1. The van der Waals surface area contributed by atoms with Crippen molar-refractivity contribution in [2.24, 2.45) is 11.8 Å². The SMILES string of the molecule is O=C(O)[C@@H]1CN(C(=O)c2ccccc2F)C[C@H]1C(F)(F)F. The van der Waals surface area contributed by atoms with Gasteiger partial charge in [0.05, 0.1) is 17.4 Å². The number of carbonyl (C=O) groups is 2. The number of hydrogen-bond donors (Lipinski definition) is 1. The number of amides is 1. The minimum absolute atomic E-state index is 0.371. The van der Waals surface area contributed by atoms with E-state index in [2.05, 4.69) is 0 Å². The van der Waals surface area contributed by atoms with Crippen molar-refractivity contribution >= 4 is 11.9 Å². The number of halogens is 4. The predicted molar refractivity (Wildman–Crippen MR) is 63.0 cm³/mol. The summed E-state index contributed by atoms with van der Waals surface area (Å²) in [6.07, 6.45) is -4.73. The summed E-state index contributed by atoms with van der Waals surface area (Å²) in [7, 11) is 0. The van der Waals surface area contributed by atoms with Crippen molar-refractivity contribution in [3.63, 3.8) is 0 Å². The standard InChI is InChI=1S/C13H11F4NO3/c14-10-4-2-1-3-7(10)11(19)18-5-8(12(20)21)9(6-18)13(15,16)17/h1-4,8-9H,5-6H2,(H,20,21)/t8-,9-/m1/s1. The van der Waals surface area contributed by atoms with E-state index < -0.39 is 48.8 Å². The highest BCUT2D eigenvalue weighted by atomic mass is 19.4. The first-order valence-corrected chi connectivity index (χ1v) is 6.05. The molecule has 1 aromatic carbocycles. The van der Waals surface area contributed by atoms with E-state index in [1.54, 1.807) is 0 Å². The fraction of sp³-hybridized carbons (Fsp3) is 0.385. The Morgan fingerprint density at radius 3 is 2.29 bits per heavy atom. The summed E-state index contributed by atoms with van der Waals surface area (Å²) in [5, 5.41) is 8.86. The lowest BCUT2D eigenvalue weighted by atomic mass is 9.96. The first-order valence-electron chi connectivity index (χ1n) is 6.05. The Labute approximate surface area is 117 Å². The first kappa shape index (κ1) is 15.3. The summed E-state index contributed by atoms with van der Waals surface area (Å²) in [6.45, 7) is -1.37. The van der Waals surface area contributed by atoms with Crippen LogP contribution < -0.4 is 0 Å². The summed E-state index contributed by atoms with van der Waals surface area (Å²) >= 11 is 0. The third kappa shape index (κ3) is 2.98. The van der Waals surface area contributed by atoms with Crippen LogP contribution in [0, 0.1) is 17.7 Å². The highest BCUT2D eigenvalue weighted by Gasteiger charge is 2.53. The van der Waals surface area contributed by atoms with E-state index in [4.69, 9.17) is 5.11 Å². The molecule has 0 aromatic heterocycles. The molecule has 0 unspecified atom stereocenters. The molecule has 0 spiro atoms. The Morgan fingerprint density at radius 1 is 1.19 bits per heavy atom. The Kier molecular flexibility index (Phi) is 3.89. The minimum atomic E-state index is -4.73. The van der Waals surface area contributed by atoms with Gasteiger partial charge >= 0.3 is 12.1 Å². The van der Waals surface area contributed by atoms with E-state index in [0.717, 1.165) is 17.0 Å². The largest absolute Gasteiger partial charge is 0.481 e. The topological polar surface area (TPSA) is 57.6 Å². The van der Waals surface area contributed by atoms with Gasteiger partial charge in [-0.25, -0.2) is 4.39 Å². The Hall–Kier alpha value is -2.12. The molecule has 1 amide bonds. The van der Waals surface area contributed by atoms with Crippen LogP contribution in [0.5, 0.6) is 0 Å². The number of likely N-dealkylation sites (tertiary alicyclic amines) is 1. The number of nitrogens with zero attached hydrogens (tertiary/aromatic N) is 1. The molecular formula is C13H11F4NO3. The van der Waals surface area contributed by atoms with Crippen molar-refractivity contribution in [1.29, 1.82) is 0 Å². The molecule has 2 atom stereocenters. The van der Waals surface area contributed by atoms with Crippen LogP contribution in [0.4, 0.5) is 17.6 Å². The van der Waals surface area contributed by atoms with E-state index in [9.17, 15) is 27.2 Å². The molecule has 1 saturated heterocycles. The average molecular weight is 305 g/mol. The molecule has 1 aliphatic heterocycles. The third-order valence-corrected chi connectivity index (χ3v) is 3.45. The van der Waals surface area contributed by atoms with Crippen molar-refractivity contribution in [2.45, 2.75) is 6.18 Å². The summed E-state index contributed by atoms with van der Waals surface area (Å²) in [5.41, 5.74) is -0.371. The lowest BCUT2D eigenvalue weighted by Crippen LogP contribution is -2.34. The van der Waals surface area contributed by atoms with E-state index in [1.807, 2.05) is 0 Å². The zero-order valence-electron chi connectivity index (χ0n) is 10.6. The Morgan fingerprint density at radius 2 is 1.81 bits per heavy atom. The summed E-state index contributed by atoms with van der Waals surface area (Å²) < 4.78 is 51.9. The van der Waals surface area contributed by atoms with Gasteiger partial charge in [-0.1, -0.05) is 12.1 Å². The molecule has 0 bridgehead atoms. The number of alkyl halides is 3. The van der Waals surface area contributed by atoms with Crippen molar-refractivity contribution in [2.75, 3.05) is 13.1 Å². The van der Waals surface area contributed by atoms with Crippen LogP contribution in [0.15, 0.2) is 24.3 Å². The van der Waals surface area contributed by atoms with Gasteiger partial charge in [0.2, 0.25) is 0 Å². The molecule has 8 heteroatoms.